The molecule has 0 aliphatic heterocycles. The first-order chi connectivity index (χ1) is 12.5. The second-order valence-electron chi connectivity index (χ2n) is 6.03. The number of ether oxygens (including phenoxy) is 2. The van der Waals surface area contributed by atoms with Gasteiger partial charge in [0.25, 0.3) is 11.8 Å². The highest BCUT2D eigenvalue weighted by Crippen LogP contribution is 2.15. The van der Waals surface area contributed by atoms with Gasteiger partial charge < -0.3 is 20.1 Å². The van der Waals surface area contributed by atoms with Gasteiger partial charge in [-0.15, -0.1) is 0 Å². The van der Waals surface area contributed by atoms with E-state index in [2.05, 4.69) is 10.6 Å². The highest BCUT2D eigenvalue weighted by atomic mass is 16.5. The first-order valence-electron chi connectivity index (χ1n) is 8.43. The predicted molar refractivity (Wildman–Crippen MR) is 101 cm³/mol. The lowest BCUT2D eigenvalue weighted by atomic mass is 10.1. The van der Waals surface area contributed by atoms with Gasteiger partial charge in [-0.05, 0) is 62.4 Å². The van der Waals surface area contributed by atoms with Gasteiger partial charge in [-0.1, -0.05) is 0 Å². The average Bonchev–Trinajstić information content (AvgIpc) is 2.62. The van der Waals surface area contributed by atoms with Crippen molar-refractivity contribution in [3.63, 3.8) is 0 Å². The Kier molecular flexibility index (Phi) is 7.17. The molecule has 6 nitrogen and oxygen atoms in total. The van der Waals surface area contributed by atoms with E-state index >= 15 is 0 Å². The molecule has 0 unspecified atom stereocenters. The maximum Gasteiger partial charge on any atom is 0.255 e. The zero-order valence-electron chi connectivity index (χ0n) is 15.2. The van der Waals surface area contributed by atoms with Crippen molar-refractivity contribution in [1.82, 2.24) is 5.32 Å². The number of rotatable bonds is 8. The Hall–Kier alpha value is -2.86. The van der Waals surface area contributed by atoms with Crippen LogP contribution in [-0.2, 0) is 4.74 Å². The highest BCUT2D eigenvalue weighted by molar-refractivity contribution is 6.04. The topological polar surface area (TPSA) is 76.7 Å². The Morgan fingerprint density at radius 3 is 2.04 bits per heavy atom. The molecule has 138 valence electrons. The van der Waals surface area contributed by atoms with Crippen molar-refractivity contribution in [3.05, 3.63) is 59.7 Å². The van der Waals surface area contributed by atoms with Crippen LogP contribution < -0.4 is 15.4 Å². The quantitative estimate of drug-likeness (QED) is 0.713. The molecular weight excluding hydrogens is 332 g/mol. The summed E-state index contributed by atoms with van der Waals surface area (Å²) in [6.07, 6.45) is 0. The number of carbonyl (C=O) groups excluding carboxylic acids is 2. The van der Waals surface area contributed by atoms with Gasteiger partial charge >= 0.3 is 0 Å². The van der Waals surface area contributed by atoms with Gasteiger partial charge in [-0.3, -0.25) is 9.59 Å². The smallest absolute Gasteiger partial charge is 0.255 e. The maximum atomic E-state index is 12.3. The third kappa shape index (κ3) is 5.89. The zero-order valence-corrected chi connectivity index (χ0v) is 15.2. The molecule has 0 aromatic heterocycles. The monoisotopic (exact) mass is 356 g/mol. The Labute approximate surface area is 153 Å². The molecule has 0 aliphatic rings. The van der Waals surface area contributed by atoms with E-state index in [-0.39, 0.29) is 17.9 Å². The van der Waals surface area contributed by atoms with Crippen LogP contribution in [0.25, 0.3) is 0 Å². The van der Waals surface area contributed by atoms with Crippen LogP contribution in [-0.4, -0.2) is 38.2 Å². The largest absolute Gasteiger partial charge is 0.491 e. The fraction of sp³-hybridized carbons (Fsp3) is 0.300. The normalized spacial score (nSPS) is 10.5. The highest BCUT2D eigenvalue weighted by Gasteiger charge is 2.09. The van der Waals surface area contributed by atoms with E-state index in [9.17, 15) is 9.59 Å². The van der Waals surface area contributed by atoms with E-state index in [4.69, 9.17) is 9.47 Å². The summed E-state index contributed by atoms with van der Waals surface area (Å²) in [6.45, 7) is 4.77. The lowest BCUT2D eigenvalue weighted by Crippen LogP contribution is -2.30. The van der Waals surface area contributed by atoms with Crippen molar-refractivity contribution in [1.29, 1.82) is 0 Å². The van der Waals surface area contributed by atoms with Gasteiger partial charge in [0.05, 0.1) is 6.61 Å². The van der Waals surface area contributed by atoms with E-state index in [0.717, 1.165) is 0 Å². The van der Waals surface area contributed by atoms with Gasteiger partial charge in [-0.2, -0.15) is 0 Å². The van der Waals surface area contributed by atoms with E-state index in [0.29, 0.717) is 35.8 Å². The molecule has 2 aromatic rings. The molecule has 2 aromatic carbocycles. The Morgan fingerprint density at radius 2 is 1.46 bits per heavy atom. The number of carbonyl (C=O) groups is 2. The molecule has 2 N–H and O–H groups in total. The minimum atomic E-state index is -0.229. The van der Waals surface area contributed by atoms with Crippen LogP contribution in [0.15, 0.2) is 48.5 Å². The van der Waals surface area contributed by atoms with Crippen LogP contribution in [0.3, 0.4) is 0 Å². The third-order valence-electron chi connectivity index (χ3n) is 3.50. The maximum absolute atomic E-state index is 12.3. The van der Waals surface area contributed by atoms with Crippen molar-refractivity contribution in [3.8, 4) is 5.75 Å². The standard InChI is InChI=1S/C20H24N2O4/c1-14(2)21-19(23)15-4-8-17(9-5-15)22-20(24)16-6-10-18(11-7-16)26-13-12-25-3/h4-11,14H,12-13H2,1-3H3,(H,21,23)(H,22,24). The van der Waals surface area contributed by atoms with Gasteiger partial charge in [0, 0.05) is 30.0 Å². The first-order valence-corrected chi connectivity index (χ1v) is 8.43. The molecule has 26 heavy (non-hydrogen) atoms. The Balaban J connectivity index is 1.93. The van der Waals surface area contributed by atoms with E-state index in [1.807, 2.05) is 13.8 Å². The van der Waals surface area contributed by atoms with Crippen LogP contribution in [0, 0.1) is 0 Å². The molecule has 0 aliphatic carbocycles. The SMILES string of the molecule is COCCOc1ccc(C(=O)Nc2ccc(C(=O)NC(C)C)cc2)cc1. The molecular formula is C20H24N2O4. The molecule has 0 atom stereocenters. The van der Waals surface area contributed by atoms with Crippen LogP contribution in [0.5, 0.6) is 5.75 Å². The lowest BCUT2D eigenvalue weighted by Gasteiger charge is -2.10. The average molecular weight is 356 g/mol. The molecule has 0 bridgehead atoms. The molecule has 0 radical (unpaired) electrons. The van der Waals surface area contributed by atoms with Crippen molar-refractivity contribution >= 4 is 17.5 Å². The molecule has 0 saturated carbocycles. The van der Waals surface area contributed by atoms with Gasteiger partial charge in [-0.25, -0.2) is 0 Å². The number of methoxy groups -OCH3 is 1. The van der Waals surface area contributed by atoms with Crippen LogP contribution in [0.4, 0.5) is 5.69 Å². The zero-order chi connectivity index (χ0) is 18.9. The van der Waals surface area contributed by atoms with Gasteiger partial charge in [0.15, 0.2) is 0 Å². The summed E-state index contributed by atoms with van der Waals surface area (Å²) in [7, 11) is 1.61. The fourth-order valence-electron chi connectivity index (χ4n) is 2.20. The van der Waals surface area contributed by atoms with Gasteiger partial charge in [0.2, 0.25) is 0 Å². The lowest BCUT2D eigenvalue weighted by molar-refractivity contribution is 0.0942. The third-order valence-corrected chi connectivity index (χ3v) is 3.50. The number of hydrogen-bond donors (Lipinski definition) is 2. The predicted octanol–water partition coefficient (Wildman–Crippen LogP) is 3.10. The number of benzene rings is 2. The van der Waals surface area contributed by atoms with Crippen molar-refractivity contribution < 1.29 is 19.1 Å². The summed E-state index contributed by atoms with van der Waals surface area (Å²) < 4.78 is 10.4. The number of hydrogen-bond acceptors (Lipinski definition) is 4. The molecule has 0 heterocycles. The molecule has 0 fully saturated rings. The molecule has 0 saturated heterocycles. The van der Waals surface area contributed by atoms with E-state index in [1.54, 1.807) is 55.6 Å². The first kappa shape index (κ1) is 19.5. The minimum absolute atomic E-state index is 0.0725. The summed E-state index contributed by atoms with van der Waals surface area (Å²) in [4.78, 5) is 24.2. The van der Waals surface area contributed by atoms with Crippen LogP contribution in [0.2, 0.25) is 0 Å². The van der Waals surface area contributed by atoms with E-state index in [1.165, 1.54) is 0 Å². The summed E-state index contributed by atoms with van der Waals surface area (Å²) in [5.74, 6) is 0.314. The summed E-state index contributed by atoms with van der Waals surface area (Å²) in [5, 5.41) is 5.63. The van der Waals surface area contributed by atoms with Crippen LogP contribution in [0.1, 0.15) is 34.6 Å². The molecule has 2 rings (SSSR count). The summed E-state index contributed by atoms with van der Waals surface area (Å²) >= 11 is 0. The Bertz CT molecular complexity index is 724. The van der Waals surface area contributed by atoms with Crippen molar-refractivity contribution in [2.75, 3.05) is 25.6 Å². The molecule has 0 spiro atoms. The van der Waals surface area contributed by atoms with E-state index < -0.39 is 0 Å². The second kappa shape index (κ2) is 9.58. The van der Waals surface area contributed by atoms with Crippen LogP contribution >= 0.6 is 0 Å². The van der Waals surface area contributed by atoms with Crippen molar-refractivity contribution in [2.24, 2.45) is 0 Å². The fourth-order valence-corrected chi connectivity index (χ4v) is 2.20. The summed E-state index contributed by atoms with van der Waals surface area (Å²) in [6, 6.07) is 13.7. The molecule has 2 amide bonds. The number of nitrogens with one attached hydrogen (secondary N) is 2. The second-order valence-corrected chi connectivity index (χ2v) is 6.03. The number of amides is 2. The van der Waals surface area contributed by atoms with Gasteiger partial charge in [0.1, 0.15) is 12.4 Å². The number of anilines is 1. The minimum Gasteiger partial charge on any atom is -0.491 e. The molecule has 6 heteroatoms. The summed E-state index contributed by atoms with van der Waals surface area (Å²) in [5.41, 5.74) is 1.69. The van der Waals surface area contributed by atoms with Crippen molar-refractivity contribution in [2.45, 2.75) is 19.9 Å². The Morgan fingerprint density at radius 1 is 0.885 bits per heavy atom.